The summed E-state index contributed by atoms with van der Waals surface area (Å²) in [7, 11) is 0. The maximum Gasteiger partial charge on any atom is 0.0569 e. The minimum Gasteiger partial charge on any atom is -0.380 e. The van der Waals surface area contributed by atoms with Crippen LogP contribution in [0.15, 0.2) is 18.2 Å². The smallest absolute Gasteiger partial charge is 0.0569 e. The molecule has 0 spiro atoms. The summed E-state index contributed by atoms with van der Waals surface area (Å²) in [5, 5.41) is 3.53. The molecule has 0 saturated carbocycles. The Kier molecular flexibility index (Phi) is 3.37. The van der Waals surface area contributed by atoms with E-state index in [2.05, 4.69) is 23.5 Å². The molecule has 1 aromatic rings. The summed E-state index contributed by atoms with van der Waals surface area (Å²) in [6.45, 7) is 4.22. The Hall–Kier alpha value is -0.900. The molecular formula is C15H22N2O. The van der Waals surface area contributed by atoms with E-state index in [-0.39, 0.29) is 5.41 Å². The third-order valence-electron chi connectivity index (χ3n) is 4.24. The first-order chi connectivity index (χ1) is 8.81. The predicted octanol–water partition coefficient (Wildman–Crippen LogP) is 1.24. The van der Waals surface area contributed by atoms with Crippen LogP contribution in [0.25, 0.3) is 0 Å². The lowest BCUT2D eigenvalue weighted by Gasteiger charge is -2.40. The van der Waals surface area contributed by atoms with Gasteiger partial charge in [-0.15, -0.1) is 0 Å². The van der Waals surface area contributed by atoms with E-state index in [1.807, 2.05) is 0 Å². The Labute approximate surface area is 109 Å². The number of nitrogens with two attached hydrogens (primary N) is 1. The van der Waals surface area contributed by atoms with Crippen molar-refractivity contribution in [3.8, 4) is 0 Å². The lowest BCUT2D eigenvalue weighted by atomic mass is 9.86. The first-order valence-corrected chi connectivity index (χ1v) is 6.91. The molecule has 3 heteroatoms. The van der Waals surface area contributed by atoms with E-state index in [9.17, 15) is 0 Å². The SMILES string of the molecule is NCC1(CNCc2ccc3c(c2)CCC3)COC1. The summed E-state index contributed by atoms with van der Waals surface area (Å²) in [6.07, 6.45) is 3.83. The highest BCUT2D eigenvalue weighted by atomic mass is 16.5. The fourth-order valence-electron chi connectivity index (χ4n) is 2.89. The molecule has 0 unspecified atom stereocenters. The Morgan fingerprint density at radius 2 is 2.06 bits per heavy atom. The number of aryl methyl sites for hydroxylation is 2. The van der Waals surface area contributed by atoms with Crippen LogP contribution in [0.4, 0.5) is 0 Å². The van der Waals surface area contributed by atoms with Crippen molar-refractivity contribution in [1.82, 2.24) is 5.32 Å². The van der Waals surface area contributed by atoms with Gasteiger partial charge in [0.2, 0.25) is 0 Å². The lowest BCUT2D eigenvalue weighted by Crippen LogP contribution is -2.54. The van der Waals surface area contributed by atoms with Gasteiger partial charge in [0.15, 0.2) is 0 Å². The third kappa shape index (κ3) is 2.30. The maximum absolute atomic E-state index is 5.80. The van der Waals surface area contributed by atoms with Crippen molar-refractivity contribution < 1.29 is 4.74 Å². The molecule has 1 aliphatic heterocycles. The molecule has 1 fully saturated rings. The monoisotopic (exact) mass is 246 g/mol. The Bertz CT molecular complexity index is 421. The van der Waals surface area contributed by atoms with E-state index in [1.54, 1.807) is 11.1 Å². The van der Waals surface area contributed by atoms with Crippen molar-refractivity contribution >= 4 is 0 Å². The standard InChI is InChI=1S/C15H22N2O/c16-8-15(10-18-11-15)9-17-7-12-4-5-13-2-1-3-14(13)6-12/h4-6,17H,1-3,7-11,16H2. The number of hydrogen-bond donors (Lipinski definition) is 2. The van der Waals surface area contributed by atoms with Crippen molar-refractivity contribution in [2.75, 3.05) is 26.3 Å². The molecular weight excluding hydrogens is 224 g/mol. The molecule has 98 valence electrons. The molecule has 18 heavy (non-hydrogen) atoms. The quantitative estimate of drug-likeness (QED) is 0.822. The molecule has 3 nitrogen and oxygen atoms in total. The molecule has 3 rings (SSSR count). The zero-order valence-corrected chi connectivity index (χ0v) is 10.9. The van der Waals surface area contributed by atoms with Crippen LogP contribution >= 0.6 is 0 Å². The second-order valence-electron chi connectivity index (χ2n) is 5.76. The molecule has 0 aromatic heterocycles. The number of hydrogen-bond acceptors (Lipinski definition) is 3. The van der Waals surface area contributed by atoms with Gasteiger partial charge in [0, 0.05) is 25.0 Å². The topological polar surface area (TPSA) is 47.3 Å². The largest absolute Gasteiger partial charge is 0.380 e. The van der Waals surface area contributed by atoms with Gasteiger partial charge in [0.05, 0.1) is 13.2 Å². The van der Waals surface area contributed by atoms with Gasteiger partial charge in [-0.1, -0.05) is 18.2 Å². The van der Waals surface area contributed by atoms with Gasteiger partial charge in [-0.05, 0) is 36.0 Å². The molecule has 3 N–H and O–H groups in total. The van der Waals surface area contributed by atoms with Crippen molar-refractivity contribution in [3.05, 3.63) is 34.9 Å². The van der Waals surface area contributed by atoms with E-state index < -0.39 is 0 Å². The van der Waals surface area contributed by atoms with E-state index >= 15 is 0 Å². The van der Waals surface area contributed by atoms with Gasteiger partial charge < -0.3 is 15.8 Å². The minimum absolute atomic E-state index is 0.191. The summed E-state index contributed by atoms with van der Waals surface area (Å²) in [6, 6.07) is 6.91. The molecule has 2 aliphatic rings. The fourth-order valence-corrected chi connectivity index (χ4v) is 2.89. The van der Waals surface area contributed by atoms with Crippen LogP contribution < -0.4 is 11.1 Å². The van der Waals surface area contributed by atoms with Gasteiger partial charge in [0.25, 0.3) is 0 Å². The minimum atomic E-state index is 0.191. The van der Waals surface area contributed by atoms with Gasteiger partial charge in [-0.3, -0.25) is 0 Å². The molecule has 1 aliphatic carbocycles. The number of benzene rings is 1. The van der Waals surface area contributed by atoms with Crippen molar-refractivity contribution in [2.45, 2.75) is 25.8 Å². The van der Waals surface area contributed by atoms with E-state index in [4.69, 9.17) is 10.5 Å². The van der Waals surface area contributed by atoms with E-state index in [1.165, 1.54) is 24.8 Å². The summed E-state index contributed by atoms with van der Waals surface area (Å²) >= 11 is 0. The van der Waals surface area contributed by atoms with Crippen LogP contribution in [-0.2, 0) is 24.1 Å². The van der Waals surface area contributed by atoms with E-state index in [0.29, 0.717) is 6.54 Å². The maximum atomic E-state index is 5.80. The van der Waals surface area contributed by atoms with Crippen molar-refractivity contribution in [2.24, 2.45) is 11.1 Å². The van der Waals surface area contributed by atoms with E-state index in [0.717, 1.165) is 26.3 Å². The second kappa shape index (κ2) is 5.00. The first kappa shape index (κ1) is 12.2. The summed E-state index contributed by atoms with van der Waals surface area (Å²) in [5.74, 6) is 0. The van der Waals surface area contributed by atoms with Crippen LogP contribution in [0, 0.1) is 5.41 Å². The highest BCUT2D eigenvalue weighted by molar-refractivity contribution is 5.35. The third-order valence-corrected chi connectivity index (χ3v) is 4.24. The second-order valence-corrected chi connectivity index (χ2v) is 5.76. The first-order valence-electron chi connectivity index (χ1n) is 6.91. The average molecular weight is 246 g/mol. The highest BCUT2D eigenvalue weighted by Gasteiger charge is 2.36. The lowest BCUT2D eigenvalue weighted by molar-refractivity contribution is -0.105. The Morgan fingerprint density at radius 3 is 2.78 bits per heavy atom. The Balaban J connectivity index is 1.54. The van der Waals surface area contributed by atoms with Gasteiger partial charge in [-0.25, -0.2) is 0 Å². The molecule has 0 amide bonds. The number of rotatable bonds is 5. The van der Waals surface area contributed by atoms with Crippen LogP contribution in [0.2, 0.25) is 0 Å². The molecule has 0 atom stereocenters. The van der Waals surface area contributed by atoms with Gasteiger partial charge in [0.1, 0.15) is 0 Å². The molecule has 1 saturated heterocycles. The number of ether oxygens (including phenoxy) is 1. The van der Waals surface area contributed by atoms with Gasteiger partial charge >= 0.3 is 0 Å². The number of nitrogens with one attached hydrogen (secondary N) is 1. The van der Waals surface area contributed by atoms with Crippen LogP contribution in [0.5, 0.6) is 0 Å². The molecule has 0 radical (unpaired) electrons. The Morgan fingerprint density at radius 1 is 1.22 bits per heavy atom. The fraction of sp³-hybridized carbons (Fsp3) is 0.600. The molecule has 1 heterocycles. The molecule has 1 aromatic carbocycles. The highest BCUT2D eigenvalue weighted by Crippen LogP contribution is 2.25. The van der Waals surface area contributed by atoms with Crippen LogP contribution in [0.3, 0.4) is 0 Å². The predicted molar refractivity (Wildman–Crippen MR) is 72.5 cm³/mol. The van der Waals surface area contributed by atoms with Crippen LogP contribution in [0.1, 0.15) is 23.1 Å². The zero-order valence-electron chi connectivity index (χ0n) is 10.9. The summed E-state index contributed by atoms with van der Waals surface area (Å²) in [5.41, 5.74) is 10.5. The average Bonchev–Trinajstić information content (AvgIpc) is 2.80. The van der Waals surface area contributed by atoms with Crippen molar-refractivity contribution in [1.29, 1.82) is 0 Å². The number of fused-ring (bicyclic) bond motifs is 1. The normalized spacial score (nSPS) is 20.5. The summed E-state index contributed by atoms with van der Waals surface area (Å²) < 4.78 is 5.27. The van der Waals surface area contributed by atoms with Crippen LogP contribution in [-0.4, -0.2) is 26.3 Å². The zero-order chi connectivity index (χ0) is 12.4. The van der Waals surface area contributed by atoms with Gasteiger partial charge in [-0.2, -0.15) is 0 Å². The summed E-state index contributed by atoms with van der Waals surface area (Å²) in [4.78, 5) is 0. The van der Waals surface area contributed by atoms with Crippen molar-refractivity contribution in [3.63, 3.8) is 0 Å². The molecule has 0 bridgehead atoms.